The zero-order valence-electron chi connectivity index (χ0n) is 8.66. The highest BCUT2D eigenvalue weighted by Gasteiger charge is 2.09. The molecule has 0 aliphatic carbocycles. The Morgan fingerprint density at radius 3 is 2.80 bits per heavy atom. The summed E-state index contributed by atoms with van der Waals surface area (Å²) in [5, 5.41) is 10.2. The number of nitrogens with zero attached hydrogens (tertiary/aromatic N) is 1. The minimum absolute atomic E-state index is 0.361. The molecule has 1 unspecified atom stereocenters. The predicted octanol–water partition coefficient (Wildman–Crippen LogP) is 2.74. The molecule has 0 aliphatic rings. The molecule has 2 nitrogen and oxygen atoms in total. The van der Waals surface area contributed by atoms with Gasteiger partial charge in [0.05, 0.1) is 6.10 Å². The van der Waals surface area contributed by atoms with Gasteiger partial charge in [-0.3, -0.25) is 4.98 Å². The van der Waals surface area contributed by atoms with Crippen molar-refractivity contribution in [2.24, 2.45) is 0 Å². The van der Waals surface area contributed by atoms with Crippen molar-refractivity contribution in [1.82, 2.24) is 4.98 Å². The van der Waals surface area contributed by atoms with E-state index in [1.165, 1.54) is 6.07 Å². The Bertz CT molecular complexity index is 508. The van der Waals surface area contributed by atoms with Gasteiger partial charge in [-0.15, -0.1) is 0 Å². The van der Waals surface area contributed by atoms with E-state index in [1.807, 2.05) is 13.0 Å². The van der Waals surface area contributed by atoms with Gasteiger partial charge in [-0.2, -0.15) is 0 Å². The summed E-state index contributed by atoms with van der Waals surface area (Å²) in [7, 11) is 0. The van der Waals surface area contributed by atoms with E-state index in [1.54, 1.807) is 19.2 Å². The number of fused-ring (bicyclic) bond motifs is 1. The monoisotopic (exact) mass is 205 g/mol. The minimum Gasteiger partial charge on any atom is -0.389 e. The van der Waals surface area contributed by atoms with Crippen molar-refractivity contribution in [2.45, 2.75) is 20.0 Å². The Morgan fingerprint density at radius 2 is 2.13 bits per heavy atom. The third-order valence-electron chi connectivity index (χ3n) is 2.52. The van der Waals surface area contributed by atoms with Gasteiger partial charge < -0.3 is 5.11 Å². The van der Waals surface area contributed by atoms with Crippen molar-refractivity contribution in [1.29, 1.82) is 0 Å². The first kappa shape index (κ1) is 10.1. The highest BCUT2D eigenvalue weighted by Crippen LogP contribution is 2.24. The molecule has 1 heterocycles. The molecule has 0 fully saturated rings. The molecule has 0 saturated heterocycles. The molecule has 0 aliphatic heterocycles. The molecule has 1 atom stereocenters. The first-order valence-corrected chi connectivity index (χ1v) is 4.82. The van der Waals surface area contributed by atoms with Crippen molar-refractivity contribution in [3.63, 3.8) is 0 Å². The van der Waals surface area contributed by atoms with Crippen LogP contribution in [0.25, 0.3) is 10.9 Å². The van der Waals surface area contributed by atoms with E-state index in [0.29, 0.717) is 11.1 Å². The number of aromatic nitrogens is 1. The van der Waals surface area contributed by atoms with Crippen LogP contribution in [-0.4, -0.2) is 10.1 Å². The fourth-order valence-electron chi connectivity index (χ4n) is 1.61. The highest BCUT2D eigenvalue weighted by molar-refractivity contribution is 5.83. The lowest BCUT2D eigenvalue weighted by molar-refractivity contribution is 0.199. The number of pyridine rings is 1. The van der Waals surface area contributed by atoms with E-state index in [9.17, 15) is 9.50 Å². The zero-order chi connectivity index (χ0) is 11.0. The molecule has 1 aromatic carbocycles. The van der Waals surface area contributed by atoms with E-state index in [4.69, 9.17) is 0 Å². The van der Waals surface area contributed by atoms with E-state index >= 15 is 0 Å². The second-order valence-corrected chi connectivity index (χ2v) is 3.70. The summed E-state index contributed by atoms with van der Waals surface area (Å²) >= 11 is 0. The van der Waals surface area contributed by atoms with Gasteiger partial charge in [0.1, 0.15) is 11.3 Å². The number of rotatable bonds is 1. The van der Waals surface area contributed by atoms with Gasteiger partial charge in [0.15, 0.2) is 0 Å². The fraction of sp³-hybridized carbons (Fsp3) is 0.250. The highest BCUT2D eigenvalue weighted by atomic mass is 19.1. The van der Waals surface area contributed by atoms with E-state index in [-0.39, 0.29) is 5.82 Å². The first-order chi connectivity index (χ1) is 7.09. The molecule has 2 rings (SSSR count). The zero-order valence-corrected chi connectivity index (χ0v) is 8.66. The maximum atomic E-state index is 13.6. The van der Waals surface area contributed by atoms with E-state index in [2.05, 4.69) is 4.98 Å². The quantitative estimate of drug-likeness (QED) is 0.776. The summed E-state index contributed by atoms with van der Waals surface area (Å²) in [6, 6.07) is 4.94. The van der Waals surface area contributed by atoms with Crippen LogP contribution in [0.5, 0.6) is 0 Å². The Kier molecular flexibility index (Phi) is 2.40. The summed E-state index contributed by atoms with van der Waals surface area (Å²) in [5.74, 6) is -0.382. The van der Waals surface area contributed by atoms with Crippen LogP contribution in [0.4, 0.5) is 4.39 Å². The Morgan fingerprint density at radius 1 is 1.40 bits per heavy atom. The van der Waals surface area contributed by atoms with Crippen LogP contribution in [0.1, 0.15) is 24.2 Å². The number of aliphatic hydroxyl groups excluding tert-OH is 1. The molecule has 2 aromatic rings. The largest absolute Gasteiger partial charge is 0.389 e. The van der Waals surface area contributed by atoms with Gasteiger partial charge in [-0.25, -0.2) is 4.39 Å². The molecule has 1 N–H and O–H groups in total. The number of halogens is 1. The molecule has 78 valence electrons. The molecular weight excluding hydrogens is 193 g/mol. The van der Waals surface area contributed by atoms with Gasteiger partial charge in [-0.1, -0.05) is 0 Å². The van der Waals surface area contributed by atoms with Gasteiger partial charge in [0.2, 0.25) is 0 Å². The van der Waals surface area contributed by atoms with E-state index < -0.39 is 6.10 Å². The Labute approximate surface area is 87.4 Å². The number of hydrogen-bond acceptors (Lipinski definition) is 2. The molecule has 15 heavy (non-hydrogen) atoms. The normalized spacial score (nSPS) is 13.1. The number of aryl methyl sites for hydroxylation is 1. The lowest BCUT2D eigenvalue weighted by Gasteiger charge is -2.08. The lowest BCUT2D eigenvalue weighted by Crippen LogP contribution is -1.95. The molecule has 0 spiro atoms. The van der Waals surface area contributed by atoms with Crippen molar-refractivity contribution in [3.8, 4) is 0 Å². The standard InChI is InChI=1S/C12H12FNO/c1-7-3-4-14-12-10(7)5-9(8(2)15)6-11(12)13/h3-6,8,15H,1-2H3. The third kappa shape index (κ3) is 1.70. The second-order valence-electron chi connectivity index (χ2n) is 3.70. The van der Waals surface area contributed by atoms with Gasteiger partial charge in [0.25, 0.3) is 0 Å². The number of aliphatic hydroxyl groups is 1. The Hall–Kier alpha value is -1.48. The minimum atomic E-state index is -0.663. The molecule has 0 bridgehead atoms. The number of hydrogen-bond donors (Lipinski definition) is 1. The van der Waals surface area contributed by atoms with Crippen LogP contribution in [-0.2, 0) is 0 Å². The molecule has 3 heteroatoms. The maximum Gasteiger partial charge on any atom is 0.149 e. The van der Waals surface area contributed by atoms with Crippen molar-refractivity contribution in [3.05, 3.63) is 41.3 Å². The SMILES string of the molecule is Cc1ccnc2c(F)cc(C(C)O)cc12. The Balaban J connectivity index is 2.80. The summed E-state index contributed by atoms with van der Waals surface area (Å²) in [5.41, 5.74) is 1.90. The fourth-order valence-corrected chi connectivity index (χ4v) is 1.61. The van der Waals surface area contributed by atoms with Crippen molar-refractivity contribution >= 4 is 10.9 Å². The van der Waals surface area contributed by atoms with Crippen LogP contribution >= 0.6 is 0 Å². The van der Waals surface area contributed by atoms with Crippen molar-refractivity contribution in [2.75, 3.05) is 0 Å². The van der Waals surface area contributed by atoms with Crippen LogP contribution in [0.2, 0.25) is 0 Å². The predicted molar refractivity (Wildman–Crippen MR) is 57.1 cm³/mol. The number of benzene rings is 1. The van der Waals surface area contributed by atoms with Crippen LogP contribution in [0.15, 0.2) is 24.4 Å². The summed E-state index contributed by atoms with van der Waals surface area (Å²) in [6.07, 6.45) is 0.923. The third-order valence-corrected chi connectivity index (χ3v) is 2.52. The first-order valence-electron chi connectivity index (χ1n) is 4.82. The molecule has 0 saturated carbocycles. The van der Waals surface area contributed by atoms with Gasteiger partial charge in [-0.05, 0) is 43.2 Å². The second kappa shape index (κ2) is 3.59. The molecule has 1 aromatic heterocycles. The topological polar surface area (TPSA) is 33.1 Å². The average Bonchev–Trinajstić information content (AvgIpc) is 2.19. The maximum absolute atomic E-state index is 13.6. The molecule has 0 amide bonds. The summed E-state index contributed by atoms with van der Waals surface area (Å²) in [4.78, 5) is 3.99. The lowest BCUT2D eigenvalue weighted by atomic mass is 10.0. The summed E-state index contributed by atoms with van der Waals surface area (Å²) < 4.78 is 13.6. The molecule has 0 radical (unpaired) electrons. The summed E-state index contributed by atoms with van der Waals surface area (Å²) in [6.45, 7) is 3.52. The van der Waals surface area contributed by atoms with Crippen LogP contribution < -0.4 is 0 Å². The van der Waals surface area contributed by atoms with Crippen LogP contribution in [0.3, 0.4) is 0 Å². The van der Waals surface area contributed by atoms with Gasteiger partial charge >= 0.3 is 0 Å². The smallest absolute Gasteiger partial charge is 0.149 e. The van der Waals surface area contributed by atoms with Crippen molar-refractivity contribution < 1.29 is 9.50 Å². The van der Waals surface area contributed by atoms with Gasteiger partial charge in [0, 0.05) is 11.6 Å². The molecular formula is C12H12FNO. The average molecular weight is 205 g/mol. The van der Waals surface area contributed by atoms with Crippen LogP contribution in [0, 0.1) is 12.7 Å². The van der Waals surface area contributed by atoms with E-state index in [0.717, 1.165) is 10.9 Å².